The molecule has 7 heteroatoms. The van der Waals surface area contributed by atoms with Gasteiger partial charge in [-0.3, -0.25) is 14.2 Å². The zero-order chi connectivity index (χ0) is 21.1. The SMILES string of the molecule is Cc1nn(Cc2cccc(F)c2)c(C)c1NC(=O)c1cccc(Cn2cccn2)c1. The number of rotatable bonds is 6. The largest absolute Gasteiger partial charge is 0.319 e. The van der Waals surface area contributed by atoms with Crippen LogP contribution in [-0.4, -0.2) is 25.5 Å². The van der Waals surface area contributed by atoms with Gasteiger partial charge >= 0.3 is 0 Å². The number of hydrogen-bond acceptors (Lipinski definition) is 3. The highest BCUT2D eigenvalue weighted by Gasteiger charge is 2.16. The zero-order valence-corrected chi connectivity index (χ0v) is 16.8. The minimum atomic E-state index is -0.280. The third kappa shape index (κ3) is 4.30. The lowest BCUT2D eigenvalue weighted by atomic mass is 10.1. The monoisotopic (exact) mass is 403 g/mol. The second-order valence-electron chi connectivity index (χ2n) is 7.19. The summed E-state index contributed by atoms with van der Waals surface area (Å²) in [6.45, 7) is 4.76. The van der Waals surface area contributed by atoms with Crippen LogP contribution in [0.1, 0.15) is 32.9 Å². The standard InChI is InChI=1S/C23H22FN5O/c1-16-22(17(2)29(27-16)15-19-7-4-9-21(24)13-19)26-23(30)20-8-3-6-18(12-20)14-28-11-5-10-25-28/h3-13H,14-15H2,1-2H3,(H,26,30). The molecule has 30 heavy (non-hydrogen) atoms. The van der Waals surface area contributed by atoms with Crippen LogP contribution in [-0.2, 0) is 13.1 Å². The zero-order valence-electron chi connectivity index (χ0n) is 16.8. The smallest absolute Gasteiger partial charge is 0.255 e. The fourth-order valence-electron chi connectivity index (χ4n) is 3.42. The quantitative estimate of drug-likeness (QED) is 0.525. The van der Waals surface area contributed by atoms with E-state index in [0.717, 1.165) is 16.8 Å². The number of benzene rings is 2. The van der Waals surface area contributed by atoms with Crippen LogP contribution in [0, 0.1) is 19.7 Å². The van der Waals surface area contributed by atoms with E-state index in [1.165, 1.54) is 12.1 Å². The fourth-order valence-corrected chi connectivity index (χ4v) is 3.42. The lowest BCUT2D eigenvalue weighted by Crippen LogP contribution is -2.14. The van der Waals surface area contributed by atoms with Crippen molar-refractivity contribution in [2.24, 2.45) is 0 Å². The molecule has 0 atom stereocenters. The van der Waals surface area contributed by atoms with Crippen molar-refractivity contribution in [1.82, 2.24) is 19.6 Å². The Labute approximate surface area is 174 Å². The Kier molecular flexibility index (Phi) is 5.43. The van der Waals surface area contributed by atoms with E-state index in [1.54, 1.807) is 23.0 Å². The molecule has 0 fully saturated rings. The minimum Gasteiger partial charge on any atom is -0.319 e. The van der Waals surface area contributed by atoms with Crippen LogP contribution < -0.4 is 5.32 Å². The molecule has 2 heterocycles. The van der Waals surface area contributed by atoms with Crippen LogP contribution in [0.2, 0.25) is 0 Å². The van der Waals surface area contributed by atoms with Crippen molar-refractivity contribution in [2.45, 2.75) is 26.9 Å². The number of nitrogens with zero attached hydrogens (tertiary/aromatic N) is 4. The first-order chi connectivity index (χ1) is 14.5. The summed E-state index contributed by atoms with van der Waals surface area (Å²) in [4.78, 5) is 12.9. The van der Waals surface area contributed by atoms with Gasteiger partial charge in [-0.05, 0) is 55.3 Å². The Morgan fingerprint density at radius 1 is 1.03 bits per heavy atom. The lowest BCUT2D eigenvalue weighted by molar-refractivity contribution is 0.102. The van der Waals surface area contributed by atoms with Crippen molar-refractivity contribution in [3.05, 3.63) is 101 Å². The molecule has 4 aromatic rings. The summed E-state index contributed by atoms with van der Waals surface area (Å²) in [7, 11) is 0. The van der Waals surface area contributed by atoms with Gasteiger partial charge in [0.25, 0.3) is 5.91 Å². The Bertz CT molecular complexity index is 1180. The third-order valence-electron chi connectivity index (χ3n) is 4.93. The second-order valence-corrected chi connectivity index (χ2v) is 7.19. The van der Waals surface area contributed by atoms with E-state index in [2.05, 4.69) is 15.5 Å². The van der Waals surface area contributed by atoms with E-state index >= 15 is 0 Å². The fraction of sp³-hybridized carbons (Fsp3) is 0.174. The summed E-state index contributed by atoms with van der Waals surface area (Å²) in [5.74, 6) is -0.480. The normalized spacial score (nSPS) is 10.9. The van der Waals surface area contributed by atoms with Gasteiger partial charge < -0.3 is 5.32 Å². The van der Waals surface area contributed by atoms with Crippen molar-refractivity contribution < 1.29 is 9.18 Å². The molecule has 0 radical (unpaired) electrons. The highest BCUT2D eigenvalue weighted by molar-refractivity contribution is 6.05. The van der Waals surface area contributed by atoms with Crippen LogP contribution in [0.25, 0.3) is 0 Å². The predicted octanol–water partition coefficient (Wildman–Crippen LogP) is 4.18. The highest BCUT2D eigenvalue weighted by atomic mass is 19.1. The van der Waals surface area contributed by atoms with Crippen molar-refractivity contribution >= 4 is 11.6 Å². The van der Waals surface area contributed by atoms with E-state index in [-0.39, 0.29) is 11.7 Å². The number of aromatic nitrogens is 4. The average molecular weight is 403 g/mol. The molecular formula is C23H22FN5O. The Morgan fingerprint density at radius 3 is 2.53 bits per heavy atom. The molecule has 4 rings (SSSR count). The molecular weight excluding hydrogens is 381 g/mol. The van der Waals surface area contributed by atoms with Crippen LogP contribution >= 0.6 is 0 Å². The van der Waals surface area contributed by atoms with Crippen molar-refractivity contribution in [3.8, 4) is 0 Å². The summed E-state index contributed by atoms with van der Waals surface area (Å²) in [5, 5.41) is 11.7. The van der Waals surface area contributed by atoms with Gasteiger partial charge in [0.15, 0.2) is 0 Å². The molecule has 0 aliphatic heterocycles. The number of hydrogen-bond donors (Lipinski definition) is 1. The van der Waals surface area contributed by atoms with Crippen molar-refractivity contribution in [1.29, 1.82) is 0 Å². The van der Waals surface area contributed by atoms with Gasteiger partial charge in [0.05, 0.1) is 30.2 Å². The molecule has 152 valence electrons. The van der Waals surface area contributed by atoms with Crippen LogP contribution in [0.15, 0.2) is 67.0 Å². The lowest BCUT2D eigenvalue weighted by Gasteiger charge is -2.09. The number of anilines is 1. The molecule has 0 aliphatic rings. The molecule has 0 bridgehead atoms. The topological polar surface area (TPSA) is 64.7 Å². The maximum Gasteiger partial charge on any atom is 0.255 e. The van der Waals surface area contributed by atoms with Gasteiger partial charge in [-0.15, -0.1) is 0 Å². The van der Waals surface area contributed by atoms with Crippen molar-refractivity contribution in [2.75, 3.05) is 5.32 Å². The third-order valence-corrected chi connectivity index (χ3v) is 4.93. The van der Waals surface area contributed by atoms with E-state index in [1.807, 2.05) is 55.1 Å². The Balaban J connectivity index is 1.51. The van der Waals surface area contributed by atoms with Gasteiger partial charge in [0.2, 0.25) is 0 Å². The van der Waals surface area contributed by atoms with E-state index in [4.69, 9.17) is 0 Å². The average Bonchev–Trinajstić information content (AvgIpc) is 3.32. The van der Waals surface area contributed by atoms with Crippen LogP contribution in [0.5, 0.6) is 0 Å². The number of halogens is 1. The summed E-state index contributed by atoms with van der Waals surface area (Å²) in [6.07, 6.45) is 3.61. The molecule has 2 aromatic carbocycles. The van der Waals surface area contributed by atoms with E-state index in [0.29, 0.717) is 30.0 Å². The van der Waals surface area contributed by atoms with Crippen LogP contribution in [0.3, 0.4) is 0 Å². The first kappa shape index (κ1) is 19.6. The van der Waals surface area contributed by atoms with Crippen LogP contribution in [0.4, 0.5) is 10.1 Å². The summed E-state index contributed by atoms with van der Waals surface area (Å²) >= 11 is 0. The van der Waals surface area contributed by atoms with E-state index in [9.17, 15) is 9.18 Å². The minimum absolute atomic E-state index is 0.200. The van der Waals surface area contributed by atoms with E-state index < -0.39 is 0 Å². The molecule has 0 saturated carbocycles. The number of nitrogens with one attached hydrogen (secondary N) is 1. The van der Waals surface area contributed by atoms with Gasteiger partial charge in [0.1, 0.15) is 5.82 Å². The molecule has 0 aliphatic carbocycles. The second kappa shape index (κ2) is 8.32. The number of carbonyl (C=O) groups excluding carboxylic acids is 1. The molecule has 1 N–H and O–H groups in total. The summed E-state index contributed by atoms with van der Waals surface area (Å²) in [6, 6.07) is 15.8. The first-order valence-corrected chi connectivity index (χ1v) is 9.66. The molecule has 1 amide bonds. The van der Waals surface area contributed by atoms with Gasteiger partial charge in [-0.2, -0.15) is 10.2 Å². The summed E-state index contributed by atoms with van der Waals surface area (Å²) in [5.41, 5.74) is 4.57. The molecule has 0 saturated heterocycles. The Morgan fingerprint density at radius 2 is 1.80 bits per heavy atom. The number of carbonyl (C=O) groups is 1. The number of aryl methyl sites for hydroxylation is 1. The van der Waals surface area contributed by atoms with Gasteiger partial charge in [-0.25, -0.2) is 4.39 Å². The highest BCUT2D eigenvalue weighted by Crippen LogP contribution is 2.22. The maximum absolute atomic E-state index is 13.5. The molecule has 0 spiro atoms. The first-order valence-electron chi connectivity index (χ1n) is 9.66. The number of amides is 1. The van der Waals surface area contributed by atoms with Crippen molar-refractivity contribution in [3.63, 3.8) is 0 Å². The predicted molar refractivity (Wildman–Crippen MR) is 113 cm³/mol. The molecule has 6 nitrogen and oxygen atoms in total. The summed E-state index contributed by atoms with van der Waals surface area (Å²) < 4.78 is 17.1. The molecule has 0 unspecified atom stereocenters. The maximum atomic E-state index is 13.5. The molecule has 2 aromatic heterocycles. The van der Waals surface area contributed by atoms with Gasteiger partial charge in [0, 0.05) is 18.0 Å². The van der Waals surface area contributed by atoms with Gasteiger partial charge in [-0.1, -0.05) is 24.3 Å². The Hall–Kier alpha value is -3.74.